The van der Waals surface area contributed by atoms with E-state index < -0.39 is 0 Å². The van der Waals surface area contributed by atoms with Crippen LogP contribution in [0.25, 0.3) is 5.69 Å². The number of ether oxygens (including phenoxy) is 2. The van der Waals surface area contributed by atoms with Crippen LogP contribution < -0.4 is 14.8 Å². The molecule has 0 unspecified atom stereocenters. The van der Waals surface area contributed by atoms with E-state index in [0.29, 0.717) is 22.9 Å². The second-order valence-corrected chi connectivity index (χ2v) is 7.89. The zero-order valence-electron chi connectivity index (χ0n) is 16.4. The van der Waals surface area contributed by atoms with Gasteiger partial charge in [-0.05, 0) is 36.8 Å². The number of anilines is 1. The molecule has 0 atom stereocenters. The first kappa shape index (κ1) is 18.1. The van der Waals surface area contributed by atoms with Crippen molar-refractivity contribution in [2.45, 2.75) is 33.1 Å². The number of para-hydroxylation sites is 1. The third-order valence-electron chi connectivity index (χ3n) is 4.70. The molecule has 1 aromatic heterocycles. The third kappa shape index (κ3) is 3.33. The van der Waals surface area contributed by atoms with Gasteiger partial charge in [0.2, 0.25) is 6.79 Å². The van der Waals surface area contributed by atoms with Crippen molar-refractivity contribution >= 4 is 11.7 Å². The number of fused-ring (bicyclic) bond motifs is 1. The molecule has 0 saturated carbocycles. The predicted molar refractivity (Wildman–Crippen MR) is 108 cm³/mol. The van der Waals surface area contributed by atoms with E-state index >= 15 is 0 Å². The Morgan fingerprint density at radius 2 is 1.82 bits per heavy atom. The van der Waals surface area contributed by atoms with E-state index in [9.17, 15) is 4.79 Å². The minimum atomic E-state index is -0.228. The van der Waals surface area contributed by atoms with Crippen molar-refractivity contribution in [3.8, 4) is 17.2 Å². The van der Waals surface area contributed by atoms with Gasteiger partial charge >= 0.3 is 0 Å². The van der Waals surface area contributed by atoms with Gasteiger partial charge in [0.25, 0.3) is 5.91 Å². The van der Waals surface area contributed by atoms with E-state index in [2.05, 4.69) is 26.1 Å². The predicted octanol–water partition coefficient (Wildman–Crippen LogP) is 4.46. The van der Waals surface area contributed by atoms with Gasteiger partial charge in [0, 0.05) is 17.0 Å². The van der Waals surface area contributed by atoms with Crippen LogP contribution in [0, 0.1) is 6.92 Å². The number of amides is 1. The molecule has 1 aliphatic heterocycles. The second-order valence-electron chi connectivity index (χ2n) is 7.89. The first-order valence-corrected chi connectivity index (χ1v) is 9.20. The molecule has 2 aromatic carbocycles. The van der Waals surface area contributed by atoms with E-state index in [0.717, 1.165) is 16.9 Å². The molecule has 144 valence electrons. The van der Waals surface area contributed by atoms with Gasteiger partial charge in [-0.2, -0.15) is 5.10 Å². The quantitative estimate of drug-likeness (QED) is 0.732. The summed E-state index contributed by atoms with van der Waals surface area (Å²) in [5, 5.41) is 7.78. The van der Waals surface area contributed by atoms with Crippen LogP contribution in [0.2, 0.25) is 0 Å². The lowest BCUT2D eigenvalue weighted by Gasteiger charge is -2.14. The highest BCUT2D eigenvalue weighted by molar-refractivity contribution is 6.04. The van der Waals surface area contributed by atoms with Gasteiger partial charge in [0.05, 0.1) is 11.4 Å². The number of carbonyl (C=O) groups is 1. The van der Waals surface area contributed by atoms with Gasteiger partial charge in [-0.25, -0.2) is 4.68 Å². The highest BCUT2D eigenvalue weighted by Gasteiger charge is 2.23. The summed E-state index contributed by atoms with van der Waals surface area (Å²) in [5.41, 5.74) is 3.26. The van der Waals surface area contributed by atoms with Crippen LogP contribution in [0.4, 0.5) is 5.82 Å². The maximum atomic E-state index is 12.9. The summed E-state index contributed by atoms with van der Waals surface area (Å²) in [6.07, 6.45) is 0. The van der Waals surface area contributed by atoms with Crippen molar-refractivity contribution in [1.29, 1.82) is 0 Å². The van der Waals surface area contributed by atoms with E-state index in [1.54, 1.807) is 22.9 Å². The normalized spacial score (nSPS) is 12.9. The molecule has 0 radical (unpaired) electrons. The summed E-state index contributed by atoms with van der Waals surface area (Å²) in [6.45, 7) is 8.50. The van der Waals surface area contributed by atoms with E-state index in [4.69, 9.17) is 14.6 Å². The molecule has 0 bridgehead atoms. The van der Waals surface area contributed by atoms with Crippen molar-refractivity contribution in [1.82, 2.24) is 9.78 Å². The number of rotatable bonds is 3. The largest absolute Gasteiger partial charge is 0.454 e. The van der Waals surface area contributed by atoms with Crippen LogP contribution in [0.3, 0.4) is 0 Å². The molecule has 28 heavy (non-hydrogen) atoms. The zero-order chi connectivity index (χ0) is 19.9. The molecule has 1 aliphatic rings. The van der Waals surface area contributed by atoms with Gasteiger partial charge in [-0.3, -0.25) is 4.79 Å². The van der Waals surface area contributed by atoms with Gasteiger partial charge in [-0.15, -0.1) is 0 Å². The van der Waals surface area contributed by atoms with Crippen molar-refractivity contribution in [3.05, 3.63) is 65.4 Å². The molecule has 0 spiro atoms. The lowest BCUT2D eigenvalue weighted by Crippen LogP contribution is -2.15. The molecular formula is C22H23N3O3. The average molecular weight is 377 g/mol. The number of hydrogen-bond donors (Lipinski definition) is 1. The second kappa shape index (κ2) is 6.71. The Kier molecular flexibility index (Phi) is 4.34. The molecule has 6 nitrogen and oxygen atoms in total. The standard InChI is InChI=1S/C22H23N3O3/c1-14-7-5-6-8-16(14)25-20(12-19(24-25)22(2,3)4)23-21(26)15-9-10-17-18(11-15)28-13-27-17/h5-12H,13H2,1-4H3,(H,23,26). The fourth-order valence-electron chi connectivity index (χ4n) is 3.05. The van der Waals surface area contributed by atoms with E-state index in [-0.39, 0.29) is 18.1 Å². The first-order chi connectivity index (χ1) is 13.3. The Morgan fingerprint density at radius 1 is 1.07 bits per heavy atom. The van der Waals surface area contributed by atoms with Crippen molar-refractivity contribution in [3.63, 3.8) is 0 Å². The van der Waals surface area contributed by atoms with Gasteiger partial charge in [0.15, 0.2) is 11.5 Å². The van der Waals surface area contributed by atoms with Crippen LogP contribution in [0.5, 0.6) is 11.5 Å². The van der Waals surface area contributed by atoms with Crippen LogP contribution in [0.15, 0.2) is 48.5 Å². The maximum Gasteiger partial charge on any atom is 0.256 e. The summed E-state index contributed by atoms with van der Waals surface area (Å²) in [5.74, 6) is 1.63. The number of hydrogen-bond acceptors (Lipinski definition) is 4. The molecule has 0 fully saturated rings. The molecule has 3 aromatic rings. The van der Waals surface area contributed by atoms with Crippen LogP contribution in [-0.2, 0) is 5.41 Å². The zero-order valence-corrected chi connectivity index (χ0v) is 16.4. The number of nitrogens with one attached hydrogen (secondary N) is 1. The van der Waals surface area contributed by atoms with Gasteiger partial charge < -0.3 is 14.8 Å². The van der Waals surface area contributed by atoms with Crippen molar-refractivity contribution < 1.29 is 14.3 Å². The fourth-order valence-corrected chi connectivity index (χ4v) is 3.05. The molecule has 6 heteroatoms. The first-order valence-electron chi connectivity index (χ1n) is 9.20. The smallest absolute Gasteiger partial charge is 0.256 e. The topological polar surface area (TPSA) is 65.4 Å². The van der Waals surface area contributed by atoms with Crippen molar-refractivity contribution in [2.24, 2.45) is 0 Å². The Labute approximate surface area is 164 Å². The lowest BCUT2D eigenvalue weighted by atomic mass is 9.92. The van der Waals surface area contributed by atoms with Crippen LogP contribution >= 0.6 is 0 Å². The third-order valence-corrected chi connectivity index (χ3v) is 4.70. The highest BCUT2D eigenvalue weighted by Crippen LogP contribution is 2.33. The maximum absolute atomic E-state index is 12.9. The summed E-state index contributed by atoms with van der Waals surface area (Å²) >= 11 is 0. The average Bonchev–Trinajstić information content (AvgIpc) is 3.28. The number of aromatic nitrogens is 2. The summed E-state index contributed by atoms with van der Waals surface area (Å²) in [7, 11) is 0. The minimum Gasteiger partial charge on any atom is -0.454 e. The fraction of sp³-hybridized carbons (Fsp3) is 0.273. The summed E-state index contributed by atoms with van der Waals surface area (Å²) < 4.78 is 12.5. The van der Waals surface area contributed by atoms with E-state index in [1.807, 2.05) is 37.3 Å². The number of carbonyl (C=O) groups excluding carboxylic acids is 1. The highest BCUT2D eigenvalue weighted by atomic mass is 16.7. The lowest BCUT2D eigenvalue weighted by molar-refractivity contribution is 0.102. The SMILES string of the molecule is Cc1ccccc1-n1nc(C(C)(C)C)cc1NC(=O)c1ccc2c(c1)OCO2. The Hall–Kier alpha value is -3.28. The summed E-state index contributed by atoms with van der Waals surface area (Å²) in [6, 6.07) is 15.1. The van der Waals surface area contributed by atoms with Crippen LogP contribution in [0.1, 0.15) is 42.4 Å². The van der Waals surface area contributed by atoms with E-state index in [1.165, 1.54) is 0 Å². The van der Waals surface area contributed by atoms with Crippen molar-refractivity contribution in [2.75, 3.05) is 12.1 Å². The minimum absolute atomic E-state index is 0.147. The monoisotopic (exact) mass is 377 g/mol. The van der Waals surface area contributed by atoms with Gasteiger partial charge in [0.1, 0.15) is 5.82 Å². The number of benzene rings is 2. The number of nitrogens with zero attached hydrogens (tertiary/aromatic N) is 2. The molecule has 1 amide bonds. The molecule has 4 rings (SSSR count). The molecule has 0 aliphatic carbocycles. The molecule has 0 saturated heterocycles. The molecule has 2 heterocycles. The molecule has 1 N–H and O–H groups in total. The van der Waals surface area contributed by atoms with Crippen LogP contribution in [-0.4, -0.2) is 22.5 Å². The Morgan fingerprint density at radius 3 is 2.57 bits per heavy atom. The summed E-state index contributed by atoms with van der Waals surface area (Å²) in [4.78, 5) is 12.9. The number of aryl methyl sites for hydroxylation is 1. The Bertz CT molecular complexity index is 1050. The van der Waals surface area contributed by atoms with Gasteiger partial charge in [-0.1, -0.05) is 39.0 Å². The molecular weight excluding hydrogens is 354 g/mol. The Balaban J connectivity index is 1.71.